The summed E-state index contributed by atoms with van der Waals surface area (Å²) in [6.07, 6.45) is 1.60. The zero-order valence-corrected chi connectivity index (χ0v) is 25.2. The maximum Gasteiger partial charge on any atom is 0.242 e. The predicted octanol–water partition coefficient (Wildman–Crippen LogP) is 1.86. The minimum absolute atomic E-state index is 0.0319. The molecule has 0 aliphatic carbocycles. The van der Waals surface area contributed by atoms with Gasteiger partial charge in [-0.3, -0.25) is 19.2 Å². The minimum Gasteiger partial charge on any atom is -0.379 e. The van der Waals surface area contributed by atoms with E-state index in [9.17, 15) is 19.2 Å². The molecular formula is C28H52N4O6. The number of nitrogens with zero attached hydrogens (tertiary/aromatic N) is 2. The average Bonchev–Trinajstić information content (AvgIpc) is 3.36. The van der Waals surface area contributed by atoms with E-state index in [1.807, 2.05) is 39.5 Å². The number of hydrogen-bond acceptors (Lipinski definition) is 7. The summed E-state index contributed by atoms with van der Waals surface area (Å²) < 4.78 is 11.5. The van der Waals surface area contributed by atoms with Gasteiger partial charge in [0, 0.05) is 33.7 Å². The van der Waals surface area contributed by atoms with Gasteiger partial charge < -0.3 is 29.9 Å². The molecule has 0 aromatic carbocycles. The first kappa shape index (κ1) is 34.0. The molecule has 1 saturated heterocycles. The molecule has 2 N–H and O–H groups in total. The molecule has 0 spiro atoms. The van der Waals surface area contributed by atoms with Crippen LogP contribution in [-0.4, -0.2) is 105 Å². The first-order valence-corrected chi connectivity index (χ1v) is 13.9. The number of nitrogens with one attached hydrogen (secondary N) is 2. The lowest BCUT2D eigenvalue weighted by Gasteiger charge is -2.39. The summed E-state index contributed by atoms with van der Waals surface area (Å²) in [6.45, 7) is 11.8. The Morgan fingerprint density at radius 3 is 2.18 bits per heavy atom. The molecule has 220 valence electrons. The van der Waals surface area contributed by atoms with Crippen LogP contribution in [0.1, 0.15) is 67.2 Å². The van der Waals surface area contributed by atoms with Crippen molar-refractivity contribution in [2.45, 2.75) is 97.6 Å². The molecule has 1 heterocycles. The molecule has 3 amide bonds. The van der Waals surface area contributed by atoms with E-state index in [1.165, 1.54) is 0 Å². The highest BCUT2D eigenvalue weighted by Crippen LogP contribution is 2.29. The summed E-state index contributed by atoms with van der Waals surface area (Å²) in [5.74, 6) is -0.701. The number of methoxy groups -OCH3 is 2. The summed E-state index contributed by atoms with van der Waals surface area (Å²) in [5.41, 5.74) is 0. The molecule has 38 heavy (non-hydrogen) atoms. The Morgan fingerprint density at radius 1 is 1.08 bits per heavy atom. The Balaban J connectivity index is 3.03. The maximum atomic E-state index is 13.6. The van der Waals surface area contributed by atoms with Crippen LogP contribution in [0.4, 0.5) is 0 Å². The van der Waals surface area contributed by atoms with Crippen molar-refractivity contribution >= 4 is 23.5 Å². The molecule has 0 saturated carbocycles. The van der Waals surface area contributed by atoms with Gasteiger partial charge in [-0.1, -0.05) is 41.0 Å². The lowest BCUT2D eigenvalue weighted by atomic mass is 9.90. The van der Waals surface area contributed by atoms with Gasteiger partial charge in [-0.25, -0.2) is 0 Å². The Hall–Kier alpha value is -2.04. The maximum absolute atomic E-state index is 13.6. The van der Waals surface area contributed by atoms with Crippen LogP contribution >= 0.6 is 0 Å². The zero-order valence-electron chi connectivity index (χ0n) is 25.2. The minimum atomic E-state index is -0.532. The third kappa shape index (κ3) is 8.74. The van der Waals surface area contributed by atoms with Gasteiger partial charge in [0.1, 0.15) is 5.78 Å². The van der Waals surface area contributed by atoms with Crippen LogP contribution in [0.5, 0.6) is 0 Å². The molecule has 1 fully saturated rings. The smallest absolute Gasteiger partial charge is 0.242 e. The molecule has 0 bridgehead atoms. The van der Waals surface area contributed by atoms with E-state index in [0.717, 1.165) is 19.3 Å². The number of amides is 3. The number of Topliss-reactive ketones (excluding diaryl/α,β-unsaturated/α-hetero) is 1. The fourth-order valence-electron chi connectivity index (χ4n) is 5.57. The van der Waals surface area contributed by atoms with E-state index in [-0.39, 0.29) is 72.4 Å². The van der Waals surface area contributed by atoms with Crippen LogP contribution in [0, 0.1) is 17.8 Å². The fourth-order valence-corrected chi connectivity index (χ4v) is 5.57. The molecule has 10 nitrogen and oxygen atoms in total. The van der Waals surface area contributed by atoms with Crippen LogP contribution < -0.4 is 10.6 Å². The second-order valence-corrected chi connectivity index (χ2v) is 11.0. The number of carbonyl (C=O) groups excluding carboxylic acids is 4. The number of rotatable bonds is 16. The van der Waals surface area contributed by atoms with Crippen molar-refractivity contribution in [1.82, 2.24) is 20.4 Å². The third-order valence-electron chi connectivity index (χ3n) is 8.21. The second kappa shape index (κ2) is 16.2. The fraction of sp³-hybridized carbons (Fsp3) is 0.857. The number of likely N-dealkylation sites (tertiary alicyclic amines) is 1. The molecule has 1 aliphatic rings. The third-order valence-corrected chi connectivity index (χ3v) is 8.21. The van der Waals surface area contributed by atoms with Crippen molar-refractivity contribution in [1.29, 1.82) is 0 Å². The van der Waals surface area contributed by atoms with Crippen LogP contribution in [-0.2, 0) is 28.7 Å². The van der Waals surface area contributed by atoms with Crippen molar-refractivity contribution in [3.8, 4) is 0 Å². The van der Waals surface area contributed by atoms with Crippen LogP contribution in [0.2, 0.25) is 0 Å². The van der Waals surface area contributed by atoms with Gasteiger partial charge >= 0.3 is 0 Å². The molecular weight excluding hydrogens is 488 g/mol. The number of ketones is 1. The van der Waals surface area contributed by atoms with Gasteiger partial charge in [-0.2, -0.15) is 0 Å². The van der Waals surface area contributed by atoms with Gasteiger partial charge in [0.05, 0.1) is 43.3 Å². The largest absolute Gasteiger partial charge is 0.379 e. The normalized spacial score (nSPS) is 20.4. The summed E-state index contributed by atoms with van der Waals surface area (Å²) in [4.78, 5) is 54.7. The number of ether oxygens (including phenoxy) is 2. The van der Waals surface area contributed by atoms with Crippen LogP contribution in [0.15, 0.2) is 0 Å². The highest BCUT2D eigenvalue weighted by molar-refractivity contribution is 5.87. The number of likely N-dealkylation sites (N-methyl/N-ethyl adjacent to an activating group) is 2. The van der Waals surface area contributed by atoms with E-state index in [0.29, 0.717) is 6.54 Å². The molecule has 7 atom stereocenters. The zero-order chi connectivity index (χ0) is 29.2. The van der Waals surface area contributed by atoms with Crippen LogP contribution in [0.25, 0.3) is 0 Å². The summed E-state index contributed by atoms with van der Waals surface area (Å²) in [6, 6.07) is -0.932. The first-order valence-electron chi connectivity index (χ1n) is 13.9. The quantitative estimate of drug-likeness (QED) is 0.307. The predicted molar refractivity (Wildman–Crippen MR) is 147 cm³/mol. The molecule has 0 aromatic rings. The molecule has 0 aromatic heterocycles. The first-order chi connectivity index (χ1) is 17.9. The Morgan fingerprint density at radius 2 is 1.71 bits per heavy atom. The molecule has 1 aliphatic heterocycles. The summed E-state index contributed by atoms with van der Waals surface area (Å²) >= 11 is 0. The second-order valence-electron chi connectivity index (χ2n) is 11.0. The van der Waals surface area contributed by atoms with Crippen molar-refractivity contribution < 1.29 is 28.7 Å². The summed E-state index contributed by atoms with van der Waals surface area (Å²) in [5, 5.41) is 5.73. The van der Waals surface area contributed by atoms with Gasteiger partial charge in [-0.15, -0.1) is 0 Å². The highest BCUT2D eigenvalue weighted by Gasteiger charge is 2.41. The van der Waals surface area contributed by atoms with Crippen molar-refractivity contribution in [3.63, 3.8) is 0 Å². The van der Waals surface area contributed by atoms with Crippen molar-refractivity contribution in [2.75, 3.05) is 41.4 Å². The Bertz CT molecular complexity index is 791. The van der Waals surface area contributed by atoms with Crippen LogP contribution in [0.3, 0.4) is 0 Å². The number of hydrogen-bond donors (Lipinski definition) is 2. The monoisotopic (exact) mass is 540 g/mol. The Kier molecular flexibility index (Phi) is 14.4. The lowest BCUT2D eigenvalue weighted by molar-refractivity contribution is -0.145. The average molecular weight is 541 g/mol. The van der Waals surface area contributed by atoms with E-state index < -0.39 is 12.1 Å². The van der Waals surface area contributed by atoms with E-state index in [1.54, 1.807) is 40.1 Å². The molecule has 10 heteroatoms. The Labute approximate surface area is 229 Å². The van der Waals surface area contributed by atoms with Gasteiger partial charge in [0.25, 0.3) is 0 Å². The van der Waals surface area contributed by atoms with Crippen molar-refractivity contribution in [2.24, 2.45) is 17.8 Å². The topological polar surface area (TPSA) is 117 Å². The lowest BCUT2D eigenvalue weighted by Crippen LogP contribution is -2.55. The van der Waals surface area contributed by atoms with Gasteiger partial charge in [0.2, 0.25) is 17.7 Å². The number of carbonyl (C=O) groups is 4. The van der Waals surface area contributed by atoms with E-state index >= 15 is 0 Å². The van der Waals surface area contributed by atoms with E-state index in [2.05, 4.69) is 10.6 Å². The summed E-state index contributed by atoms with van der Waals surface area (Å²) in [7, 11) is 6.57. The standard InChI is InChI=1S/C28H52N4O6/c1-11-18(4)26(31(8)24(35)16-30-28(36)25(29-7)17(2)3)22(37-9)15-23(34)32-14-12-13-21(32)27(38-10)19(5)20(6)33/h17-19,21-22,25-27,29H,11-16H2,1-10H3,(H,30,36). The SMILES string of the molecule is CCC(C)C(C(CC(=O)N1CCCC1C(OC)C(C)C(C)=O)OC)N(C)C(=O)CNC(=O)C(NC)C(C)C. The molecule has 7 unspecified atom stereocenters. The molecule has 0 radical (unpaired) electrons. The van der Waals surface area contributed by atoms with Gasteiger partial charge in [-0.05, 0) is 38.6 Å². The molecule has 1 rings (SSSR count). The van der Waals surface area contributed by atoms with E-state index in [4.69, 9.17) is 9.47 Å². The highest BCUT2D eigenvalue weighted by atomic mass is 16.5. The van der Waals surface area contributed by atoms with Crippen molar-refractivity contribution in [3.05, 3.63) is 0 Å². The van der Waals surface area contributed by atoms with Gasteiger partial charge in [0.15, 0.2) is 0 Å².